The SMILES string of the molecule is Nc1n[nH]c(-c2ccc3c(c2)CCC3)c1-c1cccs1. The number of aryl methyl sites for hydroxylation is 2. The topological polar surface area (TPSA) is 54.7 Å². The lowest BCUT2D eigenvalue weighted by atomic mass is 10.0. The van der Waals surface area contributed by atoms with E-state index in [9.17, 15) is 0 Å². The van der Waals surface area contributed by atoms with Crippen molar-refractivity contribution in [3.05, 3.63) is 46.8 Å². The van der Waals surface area contributed by atoms with Gasteiger partial charge in [0, 0.05) is 10.4 Å². The first-order chi connectivity index (χ1) is 9.83. The van der Waals surface area contributed by atoms with Crippen LogP contribution in [0.4, 0.5) is 5.82 Å². The van der Waals surface area contributed by atoms with E-state index < -0.39 is 0 Å². The predicted molar refractivity (Wildman–Crippen MR) is 83.8 cm³/mol. The van der Waals surface area contributed by atoms with Crippen LogP contribution >= 0.6 is 11.3 Å². The van der Waals surface area contributed by atoms with Gasteiger partial charge in [0.25, 0.3) is 0 Å². The molecule has 0 atom stereocenters. The van der Waals surface area contributed by atoms with E-state index in [4.69, 9.17) is 5.73 Å². The third-order valence-electron chi connectivity index (χ3n) is 3.95. The van der Waals surface area contributed by atoms with Crippen LogP contribution in [0, 0.1) is 0 Å². The van der Waals surface area contributed by atoms with E-state index in [1.807, 2.05) is 6.07 Å². The van der Waals surface area contributed by atoms with Crippen molar-refractivity contribution in [1.29, 1.82) is 0 Å². The number of benzene rings is 1. The minimum atomic E-state index is 0.572. The molecule has 0 radical (unpaired) electrons. The van der Waals surface area contributed by atoms with Crippen LogP contribution in [0.15, 0.2) is 35.7 Å². The highest BCUT2D eigenvalue weighted by atomic mass is 32.1. The summed E-state index contributed by atoms with van der Waals surface area (Å²) in [5, 5.41) is 9.37. The maximum atomic E-state index is 6.05. The molecule has 0 amide bonds. The Kier molecular flexibility index (Phi) is 2.63. The zero-order chi connectivity index (χ0) is 13.5. The maximum Gasteiger partial charge on any atom is 0.154 e. The lowest BCUT2D eigenvalue weighted by molar-refractivity contribution is 0.912. The molecule has 0 bridgehead atoms. The van der Waals surface area contributed by atoms with E-state index >= 15 is 0 Å². The fourth-order valence-electron chi connectivity index (χ4n) is 2.96. The number of nitrogens with zero attached hydrogens (tertiary/aromatic N) is 1. The predicted octanol–water partition coefficient (Wildman–Crippen LogP) is 3.88. The summed E-state index contributed by atoms with van der Waals surface area (Å²) in [6.45, 7) is 0. The van der Waals surface area contributed by atoms with E-state index in [-0.39, 0.29) is 0 Å². The van der Waals surface area contributed by atoms with Gasteiger partial charge >= 0.3 is 0 Å². The van der Waals surface area contributed by atoms with E-state index in [2.05, 4.69) is 39.8 Å². The first-order valence-electron chi connectivity index (χ1n) is 6.83. The van der Waals surface area contributed by atoms with Crippen molar-refractivity contribution in [1.82, 2.24) is 10.2 Å². The van der Waals surface area contributed by atoms with Crippen LogP contribution < -0.4 is 5.73 Å². The fourth-order valence-corrected chi connectivity index (χ4v) is 3.75. The Bertz CT molecular complexity index is 756. The molecule has 0 fully saturated rings. The summed E-state index contributed by atoms with van der Waals surface area (Å²) in [4.78, 5) is 1.16. The highest BCUT2D eigenvalue weighted by molar-refractivity contribution is 7.13. The Balaban J connectivity index is 1.87. The molecule has 0 aliphatic heterocycles. The van der Waals surface area contributed by atoms with Crippen LogP contribution in [0.1, 0.15) is 17.5 Å². The molecule has 0 saturated carbocycles. The summed E-state index contributed by atoms with van der Waals surface area (Å²) in [5.74, 6) is 0.572. The Morgan fingerprint density at radius 2 is 2.05 bits per heavy atom. The van der Waals surface area contributed by atoms with Gasteiger partial charge in [0.15, 0.2) is 5.82 Å². The van der Waals surface area contributed by atoms with Crippen LogP contribution in [0.2, 0.25) is 0 Å². The summed E-state index contributed by atoms with van der Waals surface area (Å²) in [6, 6.07) is 10.8. The number of hydrogen-bond acceptors (Lipinski definition) is 3. The Morgan fingerprint density at radius 1 is 1.15 bits per heavy atom. The second kappa shape index (κ2) is 4.49. The molecule has 1 aliphatic rings. The van der Waals surface area contributed by atoms with Gasteiger partial charge in [-0.25, -0.2) is 0 Å². The minimum absolute atomic E-state index is 0.572. The average molecular weight is 281 g/mol. The molecular weight excluding hydrogens is 266 g/mol. The van der Waals surface area contributed by atoms with Crippen LogP contribution in [0.25, 0.3) is 21.7 Å². The van der Waals surface area contributed by atoms with Crippen molar-refractivity contribution in [3.8, 4) is 21.7 Å². The minimum Gasteiger partial charge on any atom is -0.382 e. The lowest BCUT2D eigenvalue weighted by Crippen LogP contribution is -1.88. The van der Waals surface area contributed by atoms with Crippen molar-refractivity contribution >= 4 is 17.2 Å². The monoisotopic (exact) mass is 281 g/mol. The second-order valence-corrected chi connectivity index (χ2v) is 6.12. The van der Waals surface area contributed by atoms with Crippen LogP contribution in [-0.2, 0) is 12.8 Å². The smallest absolute Gasteiger partial charge is 0.154 e. The number of nitrogens with one attached hydrogen (secondary N) is 1. The molecule has 4 rings (SSSR count). The standard InChI is InChI=1S/C16H15N3S/c17-16-14(13-5-2-8-20-13)15(18-19-16)12-7-6-10-3-1-4-11(10)9-12/h2,5-9H,1,3-4H2,(H3,17,18,19). The number of H-pyrrole nitrogens is 1. The number of nitrogen functional groups attached to an aromatic ring is 1. The van der Waals surface area contributed by atoms with Crippen LogP contribution in [0.5, 0.6) is 0 Å². The Morgan fingerprint density at radius 3 is 2.90 bits per heavy atom. The van der Waals surface area contributed by atoms with Crippen molar-refractivity contribution < 1.29 is 0 Å². The van der Waals surface area contributed by atoms with Gasteiger partial charge in [-0.05, 0) is 47.9 Å². The summed E-state index contributed by atoms with van der Waals surface area (Å²) in [6.07, 6.45) is 3.65. The number of fused-ring (bicyclic) bond motifs is 1. The maximum absolute atomic E-state index is 6.05. The van der Waals surface area contributed by atoms with Gasteiger partial charge in [0.2, 0.25) is 0 Å². The van der Waals surface area contributed by atoms with Crippen molar-refractivity contribution in [2.24, 2.45) is 0 Å². The molecule has 3 nitrogen and oxygen atoms in total. The zero-order valence-electron chi connectivity index (χ0n) is 11.0. The summed E-state index contributed by atoms with van der Waals surface area (Å²) in [5.41, 5.74) is 12.2. The molecule has 1 aliphatic carbocycles. The van der Waals surface area contributed by atoms with E-state index in [0.717, 1.165) is 16.1 Å². The van der Waals surface area contributed by atoms with E-state index in [1.165, 1.54) is 36.0 Å². The van der Waals surface area contributed by atoms with Crippen LogP contribution in [-0.4, -0.2) is 10.2 Å². The normalized spacial score (nSPS) is 13.6. The van der Waals surface area contributed by atoms with E-state index in [0.29, 0.717) is 5.82 Å². The van der Waals surface area contributed by atoms with Crippen molar-refractivity contribution in [3.63, 3.8) is 0 Å². The molecule has 3 aromatic rings. The molecule has 2 aromatic heterocycles. The van der Waals surface area contributed by atoms with Gasteiger partial charge in [-0.3, -0.25) is 5.10 Å². The summed E-state index contributed by atoms with van der Waals surface area (Å²) in [7, 11) is 0. The third-order valence-corrected chi connectivity index (χ3v) is 4.84. The van der Waals surface area contributed by atoms with Gasteiger partial charge in [-0.15, -0.1) is 11.3 Å². The summed E-state index contributed by atoms with van der Waals surface area (Å²) >= 11 is 1.69. The first-order valence-corrected chi connectivity index (χ1v) is 7.71. The highest BCUT2D eigenvalue weighted by Gasteiger charge is 2.18. The van der Waals surface area contributed by atoms with Crippen molar-refractivity contribution in [2.45, 2.75) is 19.3 Å². The van der Waals surface area contributed by atoms with E-state index in [1.54, 1.807) is 11.3 Å². The largest absolute Gasteiger partial charge is 0.382 e. The molecule has 20 heavy (non-hydrogen) atoms. The molecule has 0 unspecified atom stereocenters. The molecular formula is C16H15N3S. The van der Waals surface area contributed by atoms with Crippen LogP contribution in [0.3, 0.4) is 0 Å². The zero-order valence-corrected chi connectivity index (χ0v) is 11.8. The Hall–Kier alpha value is -2.07. The molecule has 0 spiro atoms. The molecule has 4 heteroatoms. The number of aromatic amines is 1. The number of hydrogen-bond donors (Lipinski definition) is 2. The van der Waals surface area contributed by atoms with Crippen molar-refractivity contribution in [2.75, 3.05) is 5.73 Å². The van der Waals surface area contributed by atoms with Gasteiger partial charge < -0.3 is 5.73 Å². The first kappa shape index (κ1) is 11.7. The summed E-state index contributed by atoms with van der Waals surface area (Å²) < 4.78 is 0. The number of anilines is 1. The number of thiophene rings is 1. The van der Waals surface area contributed by atoms with Gasteiger partial charge in [0.05, 0.1) is 11.3 Å². The molecule has 1 aromatic carbocycles. The fraction of sp³-hybridized carbons (Fsp3) is 0.188. The molecule has 2 heterocycles. The third kappa shape index (κ3) is 1.76. The number of nitrogens with two attached hydrogens (primary N) is 1. The molecule has 100 valence electrons. The van der Waals surface area contributed by atoms with Gasteiger partial charge in [-0.2, -0.15) is 5.10 Å². The van der Waals surface area contributed by atoms with Gasteiger partial charge in [0.1, 0.15) is 0 Å². The molecule has 3 N–H and O–H groups in total. The average Bonchev–Trinajstić information content (AvgIpc) is 3.17. The lowest BCUT2D eigenvalue weighted by Gasteiger charge is -2.05. The molecule has 0 saturated heterocycles. The quantitative estimate of drug-likeness (QED) is 0.749. The van der Waals surface area contributed by atoms with Gasteiger partial charge in [-0.1, -0.05) is 18.2 Å². The number of aromatic nitrogens is 2. The number of rotatable bonds is 2. The Labute approximate surface area is 121 Å². The second-order valence-electron chi connectivity index (χ2n) is 5.17. The highest BCUT2D eigenvalue weighted by Crippen LogP contribution is 2.38.